The van der Waals surface area contributed by atoms with Crippen molar-refractivity contribution in [1.82, 2.24) is 9.80 Å². The molecule has 0 aromatic rings. The van der Waals surface area contributed by atoms with Crippen molar-refractivity contribution < 1.29 is 9.47 Å². The van der Waals surface area contributed by atoms with Crippen molar-refractivity contribution in [2.24, 2.45) is 35.5 Å². The van der Waals surface area contributed by atoms with Gasteiger partial charge in [0.1, 0.15) is 0 Å². The van der Waals surface area contributed by atoms with Crippen molar-refractivity contribution in [1.29, 1.82) is 0 Å². The SMILES string of the molecule is COC1CCC(/C=C/C2CCC(N(C3CCCCC3)C3CCC(CCC4CCC(N(C5CCCCC5)C5CCC(/C=C/C6CCC(OC)CC6)CC5)CC4)CC3)CC2)CC1. The standard InChI is InChI=1S/C56H96N2O2/c1-59-55-39-27-47(28-40-55)17-15-45-23-35-53(36-24-45)57(49-9-5-3-6-10-49)51-31-19-43(20-32-51)13-14-44-21-33-52(34-22-44)58(50-11-7-4-8-12-50)54-37-25-46(26-38-54)16-18-48-29-41-56(60-2)42-30-48/h15-18,43-56H,3-14,19-42H2,1-2H3/b17-15+,18-16+. The number of nitrogens with zero attached hydrogens (tertiary/aromatic N) is 2. The fourth-order valence-corrected chi connectivity index (χ4v) is 15.3. The normalized spacial score (nSPS) is 39.9. The maximum Gasteiger partial charge on any atom is 0.0571 e. The molecule has 0 N–H and O–H groups in total. The molecule has 8 rings (SSSR count). The van der Waals surface area contributed by atoms with Gasteiger partial charge in [-0.15, -0.1) is 0 Å². The molecule has 0 unspecified atom stereocenters. The summed E-state index contributed by atoms with van der Waals surface area (Å²) in [5.41, 5.74) is 0. The summed E-state index contributed by atoms with van der Waals surface area (Å²) >= 11 is 0. The van der Waals surface area contributed by atoms with Crippen molar-refractivity contribution in [3.05, 3.63) is 24.3 Å². The van der Waals surface area contributed by atoms with Crippen molar-refractivity contribution in [3.8, 4) is 0 Å². The summed E-state index contributed by atoms with van der Waals surface area (Å²) in [4.78, 5) is 6.44. The van der Waals surface area contributed by atoms with Gasteiger partial charge < -0.3 is 9.47 Å². The summed E-state index contributed by atoms with van der Waals surface area (Å²) < 4.78 is 11.3. The van der Waals surface area contributed by atoms with E-state index in [2.05, 4.69) is 34.1 Å². The van der Waals surface area contributed by atoms with E-state index in [1.807, 2.05) is 14.2 Å². The Kier molecular flexibility index (Phi) is 18.4. The van der Waals surface area contributed by atoms with Gasteiger partial charge in [0, 0.05) is 50.5 Å². The van der Waals surface area contributed by atoms with Gasteiger partial charge in [-0.1, -0.05) is 75.7 Å². The Hall–Kier alpha value is -0.680. The minimum absolute atomic E-state index is 0.517. The van der Waals surface area contributed by atoms with Crippen LogP contribution in [-0.4, -0.2) is 72.5 Å². The molecule has 8 saturated carbocycles. The number of ether oxygens (including phenoxy) is 2. The Morgan fingerprint density at radius 3 is 0.833 bits per heavy atom. The Bertz CT molecular complexity index is 1130. The first-order valence-corrected chi connectivity index (χ1v) is 27.6. The van der Waals surface area contributed by atoms with E-state index in [9.17, 15) is 0 Å². The summed E-state index contributed by atoms with van der Waals surface area (Å²) in [5, 5.41) is 0. The van der Waals surface area contributed by atoms with Crippen molar-refractivity contribution in [3.63, 3.8) is 0 Å². The highest BCUT2D eigenvalue weighted by molar-refractivity contribution is 5.01. The molecule has 8 aliphatic rings. The maximum absolute atomic E-state index is 5.64. The van der Waals surface area contributed by atoms with Gasteiger partial charge in [0.15, 0.2) is 0 Å². The fourth-order valence-electron chi connectivity index (χ4n) is 15.3. The number of methoxy groups -OCH3 is 2. The Morgan fingerprint density at radius 1 is 0.300 bits per heavy atom. The van der Waals surface area contributed by atoms with Crippen molar-refractivity contribution in [2.45, 2.75) is 280 Å². The van der Waals surface area contributed by atoms with E-state index < -0.39 is 0 Å². The third kappa shape index (κ3) is 13.0. The van der Waals surface area contributed by atoms with E-state index in [1.165, 1.54) is 231 Å². The third-order valence-electron chi connectivity index (χ3n) is 19.2. The summed E-state index contributed by atoms with van der Waals surface area (Å²) in [6.07, 6.45) is 63.6. The van der Waals surface area contributed by atoms with E-state index in [4.69, 9.17) is 9.47 Å². The van der Waals surface area contributed by atoms with Crippen LogP contribution in [0.1, 0.15) is 231 Å². The van der Waals surface area contributed by atoms with Gasteiger partial charge in [0.2, 0.25) is 0 Å². The minimum atomic E-state index is 0.517. The highest BCUT2D eigenvalue weighted by atomic mass is 16.5. The zero-order valence-corrected chi connectivity index (χ0v) is 39.6. The zero-order valence-electron chi connectivity index (χ0n) is 39.6. The van der Waals surface area contributed by atoms with Crippen LogP contribution < -0.4 is 0 Å². The Balaban J connectivity index is 0.763. The average molecular weight is 829 g/mol. The number of rotatable bonds is 15. The lowest BCUT2D eigenvalue weighted by Gasteiger charge is -2.49. The first kappa shape index (κ1) is 45.9. The molecule has 0 aromatic heterocycles. The number of allylic oxidation sites excluding steroid dienone is 4. The molecule has 0 amide bonds. The van der Waals surface area contributed by atoms with E-state index in [-0.39, 0.29) is 0 Å². The van der Waals surface area contributed by atoms with Crippen LogP contribution in [0.15, 0.2) is 24.3 Å². The molecule has 0 aromatic carbocycles. The van der Waals surface area contributed by atoms with Gasteiger partial charge in [-0.05, 0) is 215 Å². The number of hydrogen-bond acceptors (Lipinski definition) is 4. The van der Waals surface area contributed by atoms with Crippen molar-refractivity contribution in [2.75, 3.05) is 14.2 Å². The first-order valence-electron chi connectivity index (χ1n) is 27.6. The molecule has 4 heteroatoms. The van der Waals surface area contributed by atoms with Crippen LogP contribution >= 0.6 is 0 Å². The van der Waals surface area contributed by atoms with Crippen LogP contribution in [0, 0.1) is 35.5 Å². The highest BCUT2D eigenvalue weighted by Crippen LogP contribution is 2.43. The third-order valence-corrected chi connectivity index (χ3v) is 19.2. The van der Waals surface area contributed by atoms with Crippen LogP contribution in [0.3, 0.4) is 0 Å². The van der Waals surface area contributed by atoms with E-state index >= 15 is 0 Å². The summed E-state index contributed by atoms with van der Waals surface area (Å²) in [6.45, 7) is 0. The summed E-state index contributed by atoms with van der Waals surface area (Å²) in [5.74, 6) is 5.30. The lowest BCUT2D eigenvalue weighted by molar-refractivity contribution is 0.00740. The fraction of sp³-hybridized carbons (Fsp3) is 0.929. The summed E-state index contributed by atoms with van der Waals surface area (Å²) in [7, 11) is 3.80. The zero-order chi connectivity index (χ0) is 40.9. The lowest BCUT2D eigenvalue weighted by atomic mass is 9.75. The van der Waals surface area contributed by atoms with Gasteiger partial charge in [-0.3, -0.25) is 9.80 Å². The lowest BCUT2D eigenvalue weighted by Crippen LogP contribution is -2.52. The predicted molar refractivity (Wildman–Crippen MR) is 253 cm³/mol. The number of hydrogen-bond donors (Lipinski definition) is 0. The van der Waals surface area contributed by atoms with Gasteiger partial charge >= 0.3 is 0 Å². The van der Waals surface area contributed by atoms with Crippen LogP contribution in [-0.2, 0) is 9.47 Å². The van der Waals surface area contributed by atoms with Crippen molar-refractivity contribution >= 4 is 0 Å². The van der Waals surface area contributed by atoms with Gasteiger partial charge in [-0.25, -0.2) is 0 Å². The molecule has 0 aliphatic heterocycles. The Morgan fingerprint density at radius 2 is 0.550 bits per heavy atom. The molecule has 0 radical (unpaired) electrons. The van der Waals surface area contributed by atoms with E-state index in [0.717, 1.165) is 71.8 Å². The molecular weight excluding hydrogens is 733 g/mol. The molecule has 4 nitrogen and oxygen atoms in total. The second-order valence-electron chi connectivity index (χ2n) is 22.9. The second-order valence-corrected chi connectivity index (χ2v) is 22.9. The van der Waals surface area contributed by atoms with Gasteiger partial charge in [0.25, 0.3) is 0 Å². The van der Waals surface area contributed by atoms with Crippen LogP contribution in [0.4, 0.5) is 0 Å². The molecule has 60 heavy (non-hydrogen) atoms. The molecule has 8 fully saturated rings. The first-order chi connectivity index (χ1) is 29.6. The molecule has 0 spiro atoms. The molecule has 0 bridgehead atoms. The van der Waals surface area contributed by atoms with Crippen LogP contribution in [0.5, 0.6) is 0 Å². The van der Waals surface area contributed by atoms with E-state index in [0.29, 0.717) is 12.2 Å². The molecule has 8 aliphatic carbocycles. The predicted octanol–water partition coefficient (Wildman–Crippen LogP) is 14.8. The largest absolute Gasteiger partial charge is 0.381 e. The average Bonchev–Trinajstić information content (AvgIpc) is 3.32. The monoisotopic (exact) mass is 829 g/mol. The smallest absolute Gasteiger partial charge is 0.0571 e. The summed E-state index contributed by atoms with van der Waals surface area (Å²) in [6, 6.07) is 5.27. The molecule has 0 saturated heterocycles. The Labute approximate surface area is 371 Å². The van der Waals surface area contributed by atoms with Crippen LogP contribution in [0.2, 0.25) is 0 Å². The molecule has 0 atom stereocenters. The van der Waals surface area contributed by atoms with Crippen LogP contribution in [0.25, 0.3) is 0 Å². The van der Waals surface area contributed by atoms with Gasteiger partial charge in [-0.2, -0.15) is 0 Å². The topological polar surface area (TPSA) is 24.9 Å². The molecule has 0 heterocycles. The quantitative estimate of drug-likeness (QED) is 0.154. The highest BCUT2D eigenvalue weighted by Gasteiger charge is 2.39. The maximum atomic E-state index is 5.64. The second kappa shape index (κ2) is 24.0. The molecule has 342 valence electrons. The minimum Gasteiger partial charge on any atom is -0.381 e. The van der Waals surface area contributed by atoms with E-state index in [1.54, 1.807) is 0 Å². The van der Waals surface area contributed by atoms with Gasteiger partial charge in [0.05, 0.1) is 12.2 Å². The molecular formula is C56H96N2O2.